The highest BCUT2D eigenvalue weighted by Gasteiger charge is 2.09. The molecule has 0 saturated carbocycles. The van der Waals surface area contributed by atoms with Gasteiger partial charge < -0.3 is 10.1 Å². The second-order valence-corrected chi connectivity index (χ2v) is 6.09. The number of nitrogens with zero attached hydrogens (tertiary/aromatic N) is 1. The number of rotatable bonds is 6. The molecule has 28 heavy (non-hydrogen) atoms. The second-order valence-electron chi connectivity index (χ2n) is 6.09. The Hall–Kier alpha value is -3.54. The lowest BCUT2D eigenvalue weighted by atomic mass is 10.1. The van der Waals surface area contributed by atoms with E-state index in [4.69, 9.17) is 4.74 Å². The Kier molecular flexibility index (Phi) is 6.11. The average molecular weight is 380 g/mol. The number of pyridine rings is 1. The van der Waals surface area contributed by atoms with Gasteiger partial charge in [0.2, 0.25) is 5.91 Å². The number of aromatic nitrogens is 1. The molecule has 0 aliphatic heterocycles. The summed E-state index contributed by atoms with van der Waals surface area (Å²) < 4.78 is 32.5. The fourth-order valence-electron chi connectivity index (χ4n) is 2.54. The van der Waals surface area contributed by atoms with Crippen LogP contribution in [0.1, 0.15) is 24.1 Å². The van der Waals surface area contributed by atoms with Gasteiger partial charge in [0.25, 0.3) is 0 Å². The Morgan fingerprint density at radius 2 is 1.86 bits per heavy atom. The number of halogens is 2. The molecule has 0 spiro atoms. The molecule has 0 radical (unpaired) electrons. The first-order valence-electron chi connectivity index (χ1n) is 8.63. The maximum atomic E-state index is 13.6. The number of benzene rings is 2. The number of carbonyl (C=O) groups excluding carboxylic acids is 1. The van der Waals surface area contributed by atoms with Gasteiger partial charge in [0.15, 0.2) is 0 Å². The first-order valence-corrected chi connectivity index (χ1v) is 8.63. The van der Waals surface area contributed by atoms with E-state index in [1.807, 2.05) is 31.2 Å². The van der Waals surface area contributed by atoms with Gasteiger partial charge in [-0.3, -0.25) is 9.78 Å². The molecule has 2 aromatic carbocycles. The molecule has 0 fully saturated rings. The van der Waals surface area contributed by atoms with Crippen LogP contribution in [0, 0.1) is 11.6 Å². The quantitative estimate of drug-likeness (QED) is 0.610. The first kappa shape index (κ1) is 19.2. The summed E-state index contributed by atoms with van der Waals surface area (Å²) in [6.45, 7) is 1.82. The molecule has 142 valence electrons. The van der Waals surface area contributed by atoms with Crippen molar-refractivity contribution in [3.8, 4) is 11.5 Å². The van der Waals surface area contributed by atoms with E-state index in [9.17, 15) is 13.6 Å². The van der Waals surface area contributed by atoms with E-state index in [-0.39, 0.29) is 11.6 Å². The van der Waals surface area contributed by atoms with E-state index in [1.54, 1.807) is 24.5 Å². The molecule has 0 saturated heterocycles. The van der Waals surface area contributed by atoms with Crippen LogP contribution >= 0.6 is 0 Å². The van der Waals surface area contributed by atoms with Gasteiger partial charge >= 0.3 is 0 Å². The minimum absolute atomic E-state index is 0.00977. The highest BCUT2D eigenvalue weighted by Crippen LogP contribution is 2.24. The smallest absolute Gasteiger partial charge is 0.244 e. The number of amides is 1. The third kappa shape index (κ3) is 5.23. The molecular weight excluding hydrogens is 362 g/mol. The Bertz CT molecular complexity index is 991. The van der Waals surface area contributed by atoms with Gasteiger partial charge in [0.1, 0.15) is 23.1 Å². The molecule has 3 aromatic rings. The van der Waals surface area contributed by atoms with Crippen molar-refractivity contribution in [3.63, 3.8) is 0 Å². The van der Waals surface area contributed by atoms with Crippen LogP contribution in [0.25, 0.3) is 6.08 Å². The average Bonchev–Trinajstić information content (AvgIpc) is 2.69. The number of nitrogens with one attached hydrogen (secondary N) is 1. The summed E-state index contributed by atoms with van der Waals surface area (Å²) in [6.07, 6.45) is 5.68. The number of hydrogen-bond acceptors (Lipinski definition) is 3. The van der Waals surface area contributed by atoms with Crippen molar-refractivity contribution in [2.45, 2.75) is 13.0 Å². The zero-order chi connectivity index (χ0) is 19.9. The van der Waals surface area contributed by atoms with Crippen LogP contribution < -0.4 is 10.1 Å². The Morgan fingerprint density at radius 3 is 2.64 bits per heavy atom. The summed E-state index contributed by atoms with van der Waals surface area (Å²) >= 11 is 0. The summed E-state index contributed by atoms with van der Waals surface area (Å²) in [7, 11) is 0. The van der Waals surface area contributed by atoms with Crippen LogP contribution in [0.3, 0.4) is 0 Å². The molecule has 3 rings (SSSR count). The van der Waals surface area contributed by atoms with Crippen molar-refractivity contribution in [1.82, 2.24) is 10.3 Å². The Balaban J connectivity index is 1.64. The summed E-state index contributed by atoms with van der Waals surface area (Å²) in [6, 6.07) is 13.6. The molecule has 0 aliphatic rings. The normalized spacial score (nSPS) is 12.0. The topological polar surface area (TPSA) is 51.2 Å². The third-order valence-corrected chi connectivity index (χ3v) is 3.97. The van der Waals surface area contributed by atoms with Crippen LogP contribution in [-0.2, 0) is 4.79 Å². The monoisotopic (exact) mass is 380 g/mol. The number of ether oxygens (including phenoxy) is 1. The molecule has 1 N–H and O–H groups in total. The van der Waals surface area contributed by atoms with E-state index < -0.39 is 17.5 Å². The predicted molar refractivity (Wildman–Crippen MR) is 103 cm³/mol. The lowest BCUT2D eigenvalue weighted by Crippen LogP contribution is -2.24. The van der Waals surface area contributed by atoms with E-state index >= 15 is 0 Å². The molecular formula is C22H18F2N2O2. The molecule has 0 bridgehead atoms. The number of hydrogen-bond donors (Lipinski definition) is 1. The van der Waals surface area contributed by atoms with Crippen LogP contribution in [0.15, 0.2) is 73.1 Å². The minimum Gasteiger partial charge on any atom is -0.457 e. The molecule has 1 aromatic heterocycles. The van der Waals surface area contributed by atoms with Gasteiger partial charge in [-0.2, -0.15) is 0 Å². The molecule has 0 aliphatic carbocycles. The van der Waals surface area contributed by atoms with Crippen molar-refractivity contribution in [2.24, 2.45) is 0 Å². The third-order valence-electron chi connectivity index (χ3n) is 3.97. The SMILES string of the molecule is C[C@H](NC(=O)C=Cc1cc(F)ccc1F)c1cccc(Oc2ccncc2)c1. The van der Waals surface area contributed by atoms with E-state index in [0.717, 1.165) is 23.8 Å². The van der Waals surface area contributed by atoms with Crippen molar-refractivity contribution in [3.05, 3.63) is 95.8 Å². The highest BCUT2D eigenvalue weighted by atomic mass is 19.1. The summed E-state index contributed by atoms with van der Waals surface area (Å²) in [5.74, 6) is -0.303. The van der Waals surface area contributed by atoms with Gasteiger partial charge in [-0.05, 0) is 61.0 Å². The summed E-state index contributed by atoms with van der Waals surface area (Å²) in [5.41, 5.74) is 0.848. The maximum Gasteiger partial charge on any atom is 0.244 e. The van der Waals surface area contributed by atoms with Crippen LogP contribution in [0.4, 0.5) is 8.78 Å². The highest BCUT2D eigenvalue weighted by molar-refractivity contribution is 5.92. The first-order chi connectivity index (χ1) is 13.5. The van der Waals surface area contributed by atoms with E-state index in [1.165, 1.54) is 12.2 Å². The van der Waals surface area contributed by atoms with E-state index in [2.05, 4.69) is 10.3 Å². The summed E-state index contributed by atoms with van der Waals surface area (Å²) in [5, 5.41) is 2.78. The van der Waals surface area contributed by atoms with Gasteiger partial charge in [0.05, 0.1) is 6.04 Å². The number of carbonyl (C=O) groups is 1. The molecule has 6 heteroatoms. The van der Waals surface area contributed by atoms with E-state index in [0.29, 0.717) is 11.5 Å². The fourth-order valence-corrected chi connectivity index (χ4v) is 2.54. The predicted octanol–water partition coefficient (Wildman–Crippen LogP) is 5.04. The molecule has 1 heterocycles. The van der Waals surface area contributed by atoms with Crippen LogP contribution in [0.5, 0.6) is 11.5 Å². The van der Waals surface area contributed by atoms with Gasteiger partial charge in [0, 0.05) is 24.0 Å². The minimum atomic E-state index is -0.598. The van der Waals surface area contributed by atoms with Crippen molar-refractivity contribution in [2.75, 3.05) is 0 Å². The van der Waals surface area contributed by atoms with Gasteiger partial charge in [-0.15, -0.1) is 0 Å². The van der Waals surface area contributed by atoms with Crippen molar-refractivity contribution >= 4 is 12.0 Å². The molecule has 1 amide bonds. The van der Waals surface area contributed by atoms with Gasteiger partial charge in [-0.1, -0.05) is 12.1 Å². The zero-order valence-corrected chi connectivity index (χ0v) is 15.1. The van der Waals surface area contributed by atoms with Crippen LogP contribution in [-0.4, -0.2) is 10.9 Å². The molecule has 1 atom stereocenters. The largest absolute Gasteiger partial charge is 0.457 e. The van der Waals surface area contributed by atoms with Crippen LogP contribution in [0.2, 0.25) is 0 Å². The van der Waals surface area contributed by atoms with Crippen molar-refractivity contribution in [1.29, 1.82) is 0 Å². The second kappa shape index (κ2) is 8.90. The Labute approximate surface area is 161 Å². The summed E-state index contributed by atoms with van der Waals surface area (Å²) in [4.78, 5) is 16.1. The maximum absolute atomic E-state index is 13.6. The van der Waals surface area contributed by atoms with Crippen molar-refractivity contribution < 1.29 is 18.3 Å². The lowest BCUT2D eigenvalue weighted by molar-refractivity contribution is -0.117. The molecule has 4 nitrogen and oxygen atoms in total. The lowest BCUT2D eigenvalue weighted by Gasteiger charge is -2.14. The fraction of sp³-hybridized carbons (Fsp3) is 0.0909. The Morgan fingerprint density at radius 1 is 1.07 bits per heavy atom. The standard InChI is InChI=1S/C22H18F2N2O2/c1-15(26-22(27)8-5-17-13-18(23)6-7-21(17)24)16-3-2-4-20(14-16)28-19-9-11-25-12-10-19/h2-15H,1H3,(H,26,27)/t15-/m0/s1. The van der Waals surface area contributed by atoms with Gasteiger partial charge in [-0.25, -0.2) is 8.78 Å². The zero-order valence-electron chi connectivity index (χ0n) is 15.1. The molecule has 0 unspecified atom stereocenters.